The minimum absolute atomic E-state index is 0. The smallest absolute Gasteiger partial charge is 0.224 e. The zero-order chi connectivity index (χ0) is 17.8. The van der Waals surface area contributed by atoms with E-state index in [-0.39, 0.29) is 18.3 Å². The molecule has 1 aromatic carbocycles. The van der Waals surface area contributed by atoms with Crippen molar-refractivity contribution in [3.8, 4) is 5.75 Å². The molecule has 3 N–H and O–H groups in total. The number of hydrogen-bond donors (Lipinski definition) is 2. The summed E-state index contributed by atoms with van der Waals surface area (Å²) < 4.78 is 5.70. The fraction of sp³-hybridized carbons (Fsp3) is 0.667. The molecule has 26 heavy (non-hydrogen) atoms. The van der Waals surface area contributed by atoms with Gasteiger partial charge in [-0.1, -0.05) is 32.4 Å². The summed E-state index contributed by atoms with van der Waals surface area (Å²) in [5.74, 6) is 2.65. The molecule has 0 saturated heterocycles. The van der Waals surface area contributed by atoms with Gasteiger partial charge in [-0.3, -0.25) is 4.79 Å². The standard InChI is InChI=1S/C21H32N2O2.ClH/c1-14(2)13-25-19-8-6-15(7-9-19)10-20(24)23-21-16-4-3-5-17(21)12-18(22)11-16;/h6-9,14,16-18,21H,3-5,10-13,22H2,1-2H3,(H,23,24);1H. The third-order valence-corrected chi connectivity index (χ3v) is 5.58. The van der Waals surface area contributed by atoms with E-state index in [1.807, 2.05) is 24.3 Å². The van der Waals surface area contributed by atoms with Crippen LogP contribution >= 0.6 is 12.4 Å². The Hall–Kier alpha value is -1.26. The number of carbonyl (C=O) groups is 1. The number of nitrogens with one attached hydrogen (secondary N) is 1. The average molecular weight is 381 g/mol. The van der Waals surface area contributed by atoms with Crippen molar-refractivity contribution in [1.82, 2.24) is 5.32 Å². The number of fused-ring (bicyclic) bond motifs is 2. The van der Waals surface area contributed by atoms with Crippen molar-refractivity contribution in [2.45, 2.75) is 64.5 Å². The van der Waals surface area contributed by atoms with Gasteiger partial charge in [-0.25, -0.2) is 0 Å². The third-order valence-electron chi connectivity index (χ3n) is 5.58. The molecule has 0 spiro atoms. The minimum Gasteiger partial charge on any atom is -0.493 e. The van der Waals surface area contributed by atoms with Crippen LogP contribution in [0.2, 0.25) is 0 Å². The van der Waals surface area contributed by atoms with Crippen LogP contribution in [0.5, 0.6) is 5.75 Å². The molecule has 0 radical (unpaired) electrons. The zero-order valence-corrected chi connectivity index (χ0v) is 16.8. The van der Waals surface area contributed by atoms with Crippen LogP contribution in [0.1, 0.15) is 51.5 Å². The van der Waals surface area contributed by atoms with E-state index in [0.29, 0.717) is 42.9 Å². The highest BCUT2D eigenvalue weighted by molar-refractivity contribution is 5.85. The van der Waals surface area contributed by atoms with Gasteiger partial charge < -0.3 is 15.8 Å². The summed E-state index contributed by atoms with van der Waals surface area (Å²) in [7, 11) is 0. The van der Waals surface area contributed by atoms with E-state index in [9.17, 15) is 4.79 Å². The molecule has 2 bridgehead atoms. The van der Waals surface area contributed by atoms with Gasteiger partial charge in [0.1, 0.15) is 5.75 Å². The first kappa shape index (κ1) is 21.0. The van der Waals surface area contributed by atoms with Gasteiger partial charge in [0.25, 0.3) is 0 Å². The Morgan fingerprint density at radius 3 is 2.38 bits per heavy atom. The highest BCUT2D eigenvalue weighted by Crippen LogP contribution is 2.39. The summed E-state index contributed by atoms with van der Waals surface area (Å²) in [6.45, 7) is 4.98. The van der Waals surface area contributed by atoms with E-state index in [1.165, 1.54) is 19.3 Å². The van der Waals surface area contributed by atoms with Gasteiger partial charge in [-0.15, -0.1) is 12.4 Å². The molecule has 0 aromatic heterocycles. The lowest BCUT2D eigenvalue weighted by molar-refractivity contribution is -0.122. The molecule has 2 fully saturated rings. The van der Waals surface area contributed by atoms with Gasteiger partial charge in [0, 0.05) is 12.1 Å². The molecule has 2 saturated carbocycles. The maximum atomic E-state index is 12.5. The summed E-state index contributed by atoms with van der Waals surface area (Å²) in [5, 5.41) is 3.32. The molecule has 0 aliphatic heterocycles. The van der Waals surface area contributed by atoms with Gasteiger partial charge in [0.15, 0.2) is 0 Å². The second kappa shape index (κ2) is 9.61. The van der Waals surface area contributed by atoms with Gasteiger partial charge in [0.2, 0.25) is 5.91 Å². The summed E-state index contributed by atoms with van der Waals surface area (Å²) in [4.78, 5) is 12.5. The SMILES string of the molecule is CC(C)COc1ccc(CC(=O)NC2C3CCCC2CC(N)C3)cc1.Cl. The van der Waals surface area contributed by atoms with Crippen molar-refractivity contribution in [1.29, 1.82) is 0 Å². The number of ether oxygens (including phenoxy) is 1. The Labute approximate surface area is 163 Å². The van der Waals surface area contributed by atoms with Gasteiger partial charge in [-0.2, -0.15) is 0 Å². The van der Waals surface area contributed by atoms with E-state index in [1.54, 1.807) is 0 Å². The quantitative estimate of drug-likeness (QED) is 0.790. The molecule has 1 aromatic rings. The van der Waals surface area contributed by atoms with Crippen molar-refractivity contribution < 1.29 is 9.53 Å². The first-order valence-electron chi connectivity index (χ1n) is 9.78. The highest BCUT2D eigenvalue weighted by atomic mass is 35.5. The number of rotatable bonds is 6. The van der Waals surface area contributed by atoms with Crippen molar-refractivity contribution in [2.24, 2.45) is 23.5 Å². The van der Waals surface area contributed by atoms with Gasteiger partial charge in [0.05, 0.1) is 13.0 Å². The molecule has 2 aliphatic rings. The molecule has 5 heteroatoms. The van der Waals surface area contributed by atoms with Crippen molar-refractivity contribution >= 4 is 18.3 Å². The lowest BCUT2D eigenvalue weighted by Gasteiger charge is -2.45. The molecular formula is C21H33ClN2O2. The lowest BCUT2D eigenvalue weighted by Crippen LogP contribution is -2.54. The van der Waals surface area contributed by atoms with Crippen molar-refractivity contribution in [3.63, 3.8) is 0 Å². The van der Waals surface area contributed by atoms with E-state index < -0.39 is 0 Å². The van der Waals surface area contributed by atoms with Crippen LogP contribution in [0.3, 0.4) is 0 Å². The fourth-order valence-corrected chi connectivity index (χ4v) is 4.41. The number of halogens is 1. The summed E-state index contributed by atoms with van der Waals surface area (Å²) >= 11 is 0. The summed E-state index contributed by atoms with van der Waals surface area (Å²) in [6.07, 6.45) is 6.25. The van der Waals surface area contributed by atoms with E-state index in [2.05, 4.69) is 19.2 Å². The highest BCUT2D eigenvalue weighted by Gasteiger charge is 2.39. The molecule has 2 atom stereocenters. The molecule has 2 aliphatic carbocycles. The first-order chi connectivity index (χ1) is 12.0. The maximum Gasteiger partial charge on any atom is 0.224 e. The monoisotopic (exact) mass is 380 g/mol. The predicted molar refractivity (Wildman–Crippen MR) is 108 cm³/mol. The summed E-state index contributed by atoms with van der Waals surface area (Å²) in [6, 6.07) is 8.55. The van der Waals surface area contributed by atoms with Crippen LogP contribution in [0.25, 0.3) is 0 Å². The second-order valence-electron chi connectivity index (χ2n) is 8.30. The number of hydrogen-bond acceptors (Lipinski definition) is 3. The fourth-order valence-electron chi connectivity index (χ4n) is 4.41. The molecule has 4 nitrogen and oxygen atoms in total. The third kappa shape index (κ3) is 5.62. The molecule has 0 heterocycles. The van der Waals surface area contributed by atoms with E-state index in [4.69, 9.17) is 10.5 Å². The Balaban J connectivity index is 0.00000243. The Morgan fingerprint density at radius 1 is 1.19 bits per heavy atom. The first-order valence-corrected chi connectivity index (χ1v) is 9.78. The van der Waals surface area contributed by atoms with Crippen molar-refractivity contribution in [3.05, 3.63) is 29.8 Å². The topological polar surface area (TPSA) is 64.3 Å². The summed E-state index contributed by atoms with van der Waals surface area (Å²) in [5.41, 5.74) is 7.21. The largest absolute Gasteiger partial charge is 0.493 e. The van der Waals surface area contributed by atoms with Crippen LogP contribution in [0.4, 0.5) is 0 Å². The second-order valence-corrected chi connectivity index (χ2v) is 8.30. The number of carbonyl (C=O) groups excluding carboxylic acids is 1. The van der Waals surface area contributed by atoms with Crippen molar-refractivity contribution in [2.75, 3.05) is 6.61 Å². The lowest BCUT2D eigenvalue weighted by atomic mass is 9.67. The van der Waals surface area contributed by atoms with Crippen LogP contribution in [0, 0.1) is 17.8 Å². The average Bonchev–Trinajstić information content (AvgIpc) is 2.55. The Kier molecular flexibility index (Phi) is 7.78. The number of benzene rings is 1. The maximum absolute atomic E-state index is 12.5. The van der Waals surface area contributed by atoms with E-state index in [0.717, 1.165) is 24.2 Å². The molecule has 2 unspecified atom stereocenters. The Morgan fingerprint density at radius 2 is 1.81 bits per heavy atom. The molecule has 3 rings (SSSR count). The van der Waals surface area contributed by atoms with E-state index >= 15 is 0 Å². The number of nitrogens with two attached hydrogens (primary N) is 1. The van der Waals surface area contributed by atoms with Crippen LogP contribution in [-0.2, 0) is 11.2 Å². The van der Waals surface area contributed by atoms with Gasteiger partial charge in [-0.05, 0) is 61.1 Å². The molecule has 146 valence electrons. The minimum atomic E-state index is 0. The predicted octanol–water partition coefficient (Wildman–Crippen LogP) is 3.71. The number of amides is 1. The van der Waals surface area contributed by atoms with Crippen LogP contribution < -0.4 is 15.8 Å². The normalized spacial score (nSPS) is 27.5. The van der Waals surface area contributed by atoms with Crippen LogP contribution in [-0.4, -0.2) is 24.6 Å². The molecule has 1 amide bonds. The van der Waals surface area contributed by atoms with Gasteiger partial charge >= 0.3 is 0 Å². The van der Waals surface area contributed by atoms with Crippen LogP contribution in [0.15, 0.2) is 24.3 Å². The molecular weight excluding hydrogens is 348 g/mol. The zero-order valence-electron chi connectivity index (χ0n) is 15.9. The Bertz CT molecular complexity index is 562.